The van der Waals surface area contributed by atoms with E-state index >= 15 is 0 Å². The first kappa shape index (κ1) is 21.5. The van der Waals surface area contributed by atoms with Crippen LogP contribution in [-0.2, 0) is 13.2 Å². The first-order valence-corrected chi connectivity index (χ1v) is 11.8. The van der Waals surface area contributed by atoms with E-state index in [0.29, 0.717) is 17.9 Å². The zero-order valence-corrected chi connectivity index (χ0v) is 18.9. The van der Waals surface area contributed by atoms with Crippen molar-refractivity contribution in [3.05, 3.63) is 82.6 Å². The van der Waals surface area contributed by atoms with Crippen LogP contribution in [0.4, 0.5) is 5.69 Å². The Kier molecular flexibility index (Phi) is 6.53. The summed E-state index contributed by atoms with van der Waals surface area (Å²) in [6, 6.07) is 20.7. The third-order valence-corrected chi connectivity index (χ3v) is 6.67. The number of piperazine rings is 1. The number of aromatic nitrogens is 2. The van der Waals surface area contributed by atoms with Gasteiger partial charge in [-0.25, -0.2) is 4.98 Å². The molecule has 0 bridgehead atoms. The van der Waals surface area contributed by atoms with Gasteiger partial charge < -0.3 is 15.4 Å². The second-order valence-corrected chi connectivity index (χ2v) is 8.95. The highest BCUT2D eigenvalue weighted by Gasteiger charge is 2.21. The fraction of sp³-hybridized carbons (Fsp3) is 0.240. The predicted octanol–water partition coefficient (Wildman–Crippen LogP) is 3.87. The molecule has 7 nitrogen and oxygen atoms in total. The van der Waals surface area contributed by atoms with Crippen LogP contribution in [0, 0.1) is 11.3 Å². The summed E-state index contributed by atoms with van der Waals surface area (Å²) < 4.78 is 5.84. The Morgan fingerprint density at radius 1 is 1.06 bits per heavy atom. The van der Waals surface area contributed by atoms with E-state index in [4.69, 9.17) is 4.74 Å². The molecule has 0 unspecified atom stereocenters. The van der Waals surface area contributed by atoms with E-state index in [0.717, 1.165) is 53.9 Å². The number of nitriles is 1. The number of benzene rings is 2. The molecular formula is C25H24N6OS. The van der Waals surface area contributed by atoms with Crippen LogP contribution in [-0.4, -0.2) is 41.0 Å². The van der Waals surface area contributed by atoms with Crippen LogP contribution >= 0.6 is 11.8 Å². The maximum atomic E-state index is 9.79. The molecule has 2 N–H and O–H groups in total. The van der Waals surface area contributed by atoms with Gasteiger partial charge in [0.1, 0.15) is 18.2 Å². The number of hydrogen-bond donors (Lipinski definition) is 2. The largest absolute Gasteiger partial charge is 0.459 e. The van der Waals surface area contributed by atoms with Crippen LogP contribution in [0.5, 0.6) is 6.01 Å². The van der Waals surface area contributed by atoms with Crippen molar-refractivity contribution < 1.29 is 4.74 Å². The third-order valence-electron chi connectivity index (χ3n) is 5.58. The number of fused-ring (bicyclic) bond motifs is 1. The number of hydrogen-bond acceptors (Lipinski definition) is 8. The second-order valence-electron chi connectivity index (χ2n) is 7.89. The topological polar surface area (TPSA) is 86.1 Å². The summed E-state index contributed by atoms with van der Waals surface area (Å²) in [5.74, 6) is 0. The molecule has 2 aromatic carbocycles. The third kappa shape index (κ3) is 5.17. The Bertz CT molecular complexity index is 1170. The summed E-state index contributed by atoms with van der Waals surface area (Å²) in [5.41, 5.74) is 4.36. The van der Waals surface area contributed by atoms with Crippen molar-refractivity contribution >= 4 is 23.0 Å². The van der Waals surface area contributed by atoms with Gasteiger partial charge in [0, 0.05) is 43.8 Å². The van der Waals surface area contributed by atoms with Crippen LogP contribution in [0.15, 0.2) is 70.7 Å². The van der Waals surface area contributed by atoms with E-state index in [2.05, 4.69) is 55.8 Å². The average molecular weight is 457 g/mol. The zero-order chi connectivity index (χ0) is 22.5. The Hall–Kier alpha value is -3.38. The normalized spacial score (nSPS) is 17.1. The fourth-order valence-electron chi connectivity index (χ4n) is 3.82. The molecule has 0 amide bonds. The molecule has 0 atom stereocenters. The van der Waals surface area contributed by atoms with Crippen molar-refractivity contribution in [3.63, 3.8) is 0 Å². The highest BCUT2D eigenvalue weighted by Crippen LogP contribution is 2.43. The molecule has 5 rings (SSSR count). The van der Waals surface area contributed by atoms with Crippen molar-refractivity contribution in [2.45, 2.75) is 18.0 Å². The lowest BCUT2D eigenvalue weighted by molar-refractivity contribution is 0.233. The minimum atomic E-state index is 0.256. The van der Waals surface area contributed by atoms with Gasteiger partial charge in [-0.3, -0.25) is 4.90 Å². The zero-order valence-electron chi connectivity index (χ0n) is 18.1. The molecule has 0 radical (unpaired) electrons. The van der Waals surface area contributed by atoms with Crippen LogP contribution in [0.2, 0.25) is 0 Å². The van der Waals surface area contributed by atoms with Gasteiger partial charge in [0.05, 0.1) is 16.4 Å². The number of nitrogens with one attached hydrogen (secondary N) is 2. The summed E-state index contributed by atoms with van der Waals surface area (Å²) in [4.78, 5) is 12.3. The van der Waals surface area contributed by atoms with Crippen molar-refractivity contribution in [3.8, 4) is 12.1 Å². The van der Waals surface area contributed by atoms with Crippen LogP contribution in [0.25, 0.3) is 5.57 Å². The van der Waals surface area contributed by atoms with Gasteiger partial charge >= 0.3 is 6.01 Å². The van der Waals surface area contributed by atoms with Crippen LogP contribution in [0.3, 0.4) is 0 Å². The van der Waals surface area contributed by atoms with Gasteiger partial charge in [0.2, 0.25) is 0 Å². The number of ether oxygens (including phenoxy) is 1. The van der Waals surface area contributed by atoms with Gasteiger partial charge in [0.15, 0.2) is 0 Å². The standard InChI is InChI=1S/C25H24N6OS/c26-15-20(24-29-22-3-1-2-4-23(22)33-24)21-9-10-28-25(30-21)32-17-19-7-5-18(6-8-19)16-31-13-11-27-12-14-31/h1-10,27,29H,11-14,16-17H2/b24-20+. The van der Waals surface area contributed by atoms with E-state index in [1.807, 2.05) is 24.3 Å². The van der Waals surface area contributed by atoms with Crippen molar-refractivity contribution in [1.29, 1.82) is 5.26 Å². The quantitative estimate of drug-likeness (QED) is 0.541. The minimum absolute atomic E-state index is 0.256. The Morgan fingerprint density at radius 3 is 2.64 bits per heavy atom. The molecule has 3 heterocycles. The number of nitrogens with zero attached hydrogens (tertiary/aromatic N) is 4. The summed E-state index contributed by atoms with van der Waals surface area (Å²) >= 11 is 1.53. The molecule has 0 saturated carbocycles. The summed E-state index contributed by atoms with van der Waals surface area (Å²) in [5, 5.41) is 17.2. The molecular weight excluding hydrogens is 432 g/mol. The maximum Gasteiger partial charge on any atom is 0.317 e. The van der Waals surface area contributed by atoms with Gasteiger partial charge in [0.25, 0.3) is 0 Å². The number of para-hydroxylation sites is 1. The molecule has 2 aliphatic heterocycles. The first-order valence-electron chi connectivity index (χ1n) is 10.9. The van der Waals surface area contributed by atoms with E-state index in [1.54, 1.807) is 12.3 Å². The number of anilines is 1. The molecule has 0 spiro atoms. The fourth-order valence-corrected chi connectivity index (χ4v) is 4.83. The molecule has 1 saturated heterocycles. The average Bonchev–Trinajstić information content (AvgIpc) is 3.29. The van der Waals surface area contributed by atoms with E-state index in [-0.39, 0.29) is 6.01 Å². The van der Waals surface area contributed by atoms with Gasteiger partial charge in [-0.1, -0.05) is 48.2 Å². The Labute approximate surface area is 197 Å². The number of rotatable bonds is 6. The second kappa shape index (κ2) is 10.0. The van der Waals surface area contributed by atoms with Crippen LogP contribution in [0.1, 0.15) is 16.8 Å². The SMILES string of the molecule is N#C/C(=C1/Nc2ccccc2S1)c1ccnc(OCc2ccc(CN3CCNCC3)cc2)n1. The van der Waals surface area contributed by atoms with E-state index in [1.165, 1.54) is 17.3 Å². The maximum absolute atomic E-state index is 9.79. The lowest BCUT2D eigenvalue weighted by Crippen LogP contribution is -2.42. The van der Waals surface area contributed by atoms with Gasteiger partial charge in [-0.15, -0.1) is 0 Å². The Morgan fingerprint density at radius 2 is 1.85 bits per heavy atom. The highest BCUT2D eigenvalue weighted by atomic mass is 32.2. The molecule has 0 aliphatic carbocycles. The summed E-state index contributed by atoms with van der Waals surface area (Å²) in [7, 11) is 0. The lowest BCUT2D eigenvalue weighted by atomic mass is 10.1. The molecule has 3 aromatic rings. The highest BCUT2D eigenvalue weighted by molar-refractivity contribution is 8.04. The van der Waals surface area contributed by atoms with Crippen molar-refractivity contribution in [1.82, 2.24) is 20.2 Å². The van der Waals surface area contributed by atoms with Gasteiger partial charge in [-0.2, -0.15) is 10.2 Å². The van der Waals surface area contributed by atoms with Crippen molar-refractivity contribution in [2.24, 2.45) is 0 Å². The Balaban J connectivity index is 1.23. The smallest absolute Gasteiger partial charge is 0.317 e. The molecule has 1 fully saturated rings. The minimum Gasteiger partial charge on any atom is -0.459 e. The predicted molar refractivity (Wildman–Crippen MR) is 129 cm³/mol. The molecule has 8 heteroatoms. The van der Waals surface area contributed by atoms with Crippen LogP contribution < -0.4 is 15.4 Å². The molecule has 166 valence electrons. The monoisotopic (exact) mass is 456 g/mol. The number of allylic oxidation sites excluding steroid dienone is 1. The van der Waals surface area contributed by atoms with E-state index < -0.39 is 0 Å². The summed E-state index contributed by atoms with van der Waals surface area (Å²) in [6.45, 7) is 5.61. The van der Waals surface area contributed by atoms with Gasteiger partial charge in [-0.05, 0) is 29.3 Å². The molecule has 2 aliphatic rings. The summed E-state index contributed by atoms with van der Waals surface area (Å²) in [6.07, 6.45) is 1.62. The van der Waals surface area contributed by atoms with Crippen molar-refractivity contribution in [2.75, 3.05) is 31.5 Å². The molecule has 33 heavy (non-hydrogen) atoms. The molecule has 1 aromatic heterocycles. The van der Waals surface area contributed by atoms with E-state index in [9.17, 15) is 5.26 Å². The number of thioether (sulfide) groups is 1. The lowest BCUT2D eigenvalue weighted by Gasteiger charge is -2.27. The first-order chi connectivity index (χ1) is 16.3.